The maximum Gasteiger partial charge on any atom is 0.244 e. The number of halogens is 1. The molecule has 0 amide bonds. The molecule has 2 aromatic rings. The highest BCUT2D eigenvalue weighted by Gasteiger charge is 2.21. The van der Waals surface area contributed by atoms with Crippen molar-refractivity contribution in [2.45, 2.75) is 30.7 Å². The second-order valence-corrected chi connectivity index (χ2v) is 8.72. The zero-order valence-corrected chi connectivity index (χ0v) is 15.8. The van der Waals surface area contributed by atoms with Gasteiger partial charge in [-0.15, -0.1) is 0 Å². The molecular weight excluding hydrogens is 358 g/mol. The van der Waals surface area contributed by atoms with Crippen molar-refractivity contribution in [3.8, 4) is 0 Å². The van der Waals surface area contributed by atoms with E-state index >= 15 is 0 Å². The molecule has 1 aliphatic rings. The minimum Gasteiger partial charge on any atom is -0.372 e. The number of pyridine rings is 1. The Kier molecular flexibility index (Phi) is 5.61. The number of piperidine rings is 1. The average molecular weight is 380 g/mol. The number of hydrogen-bond donors (Lipinski definition) is 0. The number of hydrogen-bond acceptors (Lipinski definition) is 4. The van der Waals surface area contributed by atoms with Gasteiger partial charge in [-0.1, -0.05) is 23.7 Å². The van der Waals surface area contributed by atoms with Crippen LogP contribution in [0.5, 0.6) is 0 Å². The van der Waals surface area contributed by atoms with E-state index in [4.69, 9.17) is 11.6 Å². The van der Waals surface area contributed by atoms with Crippen molar-refractivity contribution in [3.63, 3.8) is 0 Å². The molecule has 0 saturated carbocycles. The maximum atomic E-state index is 12.6. The topological polar surface area (TPSA) is 53.5 Å². The highest BCUT2D eigenvalue weighted by molar-refractivity contribution is 7.89. The molecule has 0 N–H and O–H groups in total. The van der Waals surface area contributed by atoms with Gasteiger partial charge in [0.1, 0.15) is 10.0 Å². The summed E-state index contributed by atoms with van der Waals surface area (Å²) in [6.07, 6.45) is 5.06. The number of nitrogens with zero attached hydrogens (tertiary/aromatic N) is 3. The smallest absolute Gasteiger partial charge is 0.244 e. The first kappa shape index (κ1) is 18.2. The van der Waals surface area contributed by atoms with Crippen molar-refractivity contribution in [2.75, 3.05) is 25.0 Å². The summed E-state index contributed by atoms with van der Waals surface area (Å²) in [5, 5.41) is 0.273. The van der Waals surface area contributed by atoms with E-state index in [1.807, 2.05) is 12.1 Å². The van der Waals surface area contributed by atoms with Gasteiger partial charge in [-0.3, -0.25) is 0 Å². The van der Waals surface area contributed by atoms with Crippen LogP contribution in [0, 0.1) is 0 Å². The summed E-state index contributed by atoms with van der Waals surface area (Å²) in [5.41, 5.74) is 2.16. The zero-order chi connectivity index (χ0) is 17.9. The van der Waals surface area contributed by atoms with Crippen LogP contribution in [-0.4, -0.2) is 37.8 Å². The third kappa shape index (κ3) is 4.32. The van der Waals surface area contributed by atoms with Crippen LogP contribution in [0.3, 0.4) is 0 Å². The quantitative estimate of drug-likeness (QED) is 0.745. The Morgan fingerprint density at radius 2 is 1.76 bits per heavy atom. The van der Waals surface area contributed by atoms with Gasteiger partial charge in [-0.25, -0.2) is 13.4 Å². The second kappa shape index (κ2) is 7.72. The minimum atomic E-state index is -3.58. The molecule has 5 nitrogen and oxygen atoms in total. The van der Waals surface area contributed by atoms with Crippen LogP contribution in [-0.2, 0) is 16.6 Å². The van der Waals surface area contributed by atoms with Crippen molar-refractivity contribution >= 4 is 27.3 Å². The Morgan fingerprint density at radius 1 is 1.08 bits per heavy atom. The van der Waals surface area contributed by atoms with Gasteiger partial charge >= 0.3 is 0 Å². The van der Waals surface area contributed by atoms with Gasteiger partial charge in [0, 0.05) is 38.6 Å². The number of anilines is 1. The number of aromatic nitrogens is 1. The van der Waals surface area contributed by atoms with E-state index < -0.39 is 10.0 Å². The predicted octanol–water partition coefficient (Wildman–Crippen LogP) is 3.55. The SMILES string of the molecule is CN(Cc1ccc(N2CCCCC2)cc1)S(=O)(=O)c1ccc(Cl)nc1. The molecule has 2 heterocycles. The fourth-order valence-electron chi connectivity index (χ4n) is 3.00. The summed E-state index contributed by atoms with van der Waals surface area (Å²) < 4.78 is 26.5. The van der Waals surface area contributed by atoms with Crippen molar-refractivity contribution in [3.05, 3.63) is 53.3 Å². The average Bonchev–Trinajstić information content (AvgIpc) is 2.63. The number of benzene rings is 1. The lowest BCUT2D eigenvalue weighted by atomic mass is 10.1. The summed E-state index contributed by atoms with van der Waals surface area (Å²) in [7, 11) is -2.01. The van der Waals surface area contributed by atoms with Gasteiger partial charge < -0.3 is 4.90 Å². The predicted molar refractivity (Wildman–Crippen MR) is 100 cm³/mol. The van der Waals surface area contributed by atoms with E-state index in [0.29, 0.717) is 6.54 Å². The molecule has 0 unspecified atom stereocenters. The molecule has 0 radical (unpaired) electrons. The van der Waals surface area contributed by atoms with E-state index in [0.717, 1.165) is 18.7 Å². The van der Waals surface area contributed by atoms with Crippen LogP contribution in [0.4, 0.5) is 5.69 Å². The summed E-state index contributed by atoms with van der Waals surface area (Å²) >= 11 is 5.73. The van der Waals surface area contributed by atoms with Crippen LogP contribution in [0.2, 0.25) is 5.15 Å². The lowest BCUT2D eigenvalue weighted by Gasteiger charge is -2.29. The molecule has 25 heavy (non-hydrogen) atoms. The first-order valence-electron chi connectivity index (χ1n) is 8.38. The zero-order valence-electron chi connectivity index (χ0n) is 14.2. The molecule has 3 rings (SSSR count). The summed E-state index contributed by atoms with van der Waals surface area (Å²) in [6.45, 7) is 2.50. The van der Waals surface area contributed by atoms with E-state index in [2.05, 4.69) is 22.0 Å². The highest BCUT2D eigenvalue weighted by atomic mass is 35.5. The summed E-state index contributed by atoms with van der Waals surface area (Å²) in [5.74, 6) is 0. The Balaban J connectivity index is 1.69. The van der Waals surface area contributed by atoms with Crippen molar-refractivity contribution in [1.82, 2.24) is 9.29 Å². The second-order valence-electron chi connectivity index (χ2n) is 6.29. The molecule has 0 spiro atoms. The molecule has 7 heteroatoms. The molecule has 1 fully saturated rings. The first-order valence-corrected chi connectivity index (χ1v) is 10.2. The fourth-order valence-corrected chi connectivity index (χ4v) is 4.22. The molecule has 0 aliphatic carbocycles. The molecule has 134 valence electrons. The summed E-state index contributed by atoms with van der Waals surface area (Å²) in [4.78, 5) is 6.38. The number of sulfonamides is 1. The highest BCUT2D eigenvalue weighted by Crippen LogP contribution is 2.22. The van der Waals surface area contributed by atoms with Crippen LogP contribution in [0.15, 0.2) is 47.5 Å². The first-order chi connectivity index (χ1) is 12.0. The fraction of sp³-hybridized carbons (Fsp3) is 0.389. The Hall–Kier alpha value is -1.63. The van der Waals surface area contributed by atoms with Gasteiger partial charge in [0.2, 0.25) is 10.0 Å². The Bertz CT molecular complexity index is 801. The van der Waals surface area contributed by atoms with Crippen LogP contribution in [0.25, 0.3) is 0 Å². The van der Waals surface area contributed by atoms with E-state index in [1.165, 1.54) is 47.6 Å². The monoisotopic (exact) mass is 379 g/mol. The lowest BCUT2D eigenvalue weighted by molar-refractivity contribution is 0.466. The Morgan fingerprint density at radius 3 is 2.36 bits per heavy atom. The van der Waals surface area contributed by atoms with Crippen LogP contribution >= 0.6 is 11.6 Å². The maximum absolute atomic E-state index is 12.6. The van der Waals surface area contributed by atoms with Crippen LogP contribution < -0.4 is 4.90 Å². The van der Waals surface area contributed by atoms with Crippen molar-refractivity contribution in [1.29, 1.82) is 0 Å². The van der Waals surface area contributed by atoms with Gasteiger partial charge in [0.25, 0.3) is 0 Å². The molecule has 1 aromatic heterocycles. The molecule has 1 aliphatic heterocycles. The molecule has 0 bridgehead atoms. The largest absolute Gasteiger partial charge is 0.372 e. The van der Waals surface area contributed by atoms with Crippen molar-refractivity contribution in [2.24, 2.45) is 0 Å². The van der Waals surface area contributed by atoms with Gasteiger partial charge in [0.15, 0.2) is 0 Å². The Labute approximate surface area is 154 Å². The standard InChI is InChI=1S/C18H22ClN3O2S/c1-21(25(23,24)17-9-10-18(19)20-13-17)14-15-5-7-16(8-6-15)22-11-3-2-4-12-22/h5-10,13H,2-4,11-12,14H2,1H3. The third-order valence-corrected chi connectivity index (χ3v) is 6.48. The molecule has 1 aromatic carbocycles. The molecule has 0 atom stereocenters. The van der Waals surface area contributed by atoms with Gasteiger partial charge in [-0.05, 0) is 49.1 Å². The molecule has 1 saturated heterocycles. The van der Waals surface area contributed by atoms with E-state index in [9.17, 15) is 8.42 Å². The lowest BCUT2D eigenvalue weighted by Crippen LogP contribution is -2.29. The van der Waals surface area contributed by atoms with Crippen molar-refractivity contribution < 1.29 is 8.42 Å². The summed E-state index contributed by atoms with van der Waals surface area (Å²) in [6, 6.07) is 11.1. The molecular formula is C18H22ClN3O2S. The van der Waals surface area contributed by atoms with Gasteiger partial charge in [0.05, 0.1) is 0 Å². The number of rotatable bonds is 5. The third-order valence-electron chi connectivity index (χ3n) is 4.47. The van der Waals surface area contributed by atoms with E-state index in [1.54, 1.807) is 7.05 Å². The normalized spacial score (nSPS) is 15.6. The minimum absolute atomic E-state index is 0.143. The van der Waals surface area contributed by atoms with Gasteiger partial charge in [-0.2, -0.15) is 4.31 Å². The van der Waals surface area contributed by atoms with E-state index in [-0.39, 0.29) is 10.0 Å². The van der Waals surface area contributed by atoms with Crippen LogP contribution in [0.1, 0.15) is 24.8 Å².